The lowest BCUT2D eigenvalue weighted by Crippen LogP contribution is -2.11. The first-order chi connectivity index (χ1) is 16.1. The van der Waals surface area contributed by atoms with Crippen LogP contribution in [0, 0.1) is 3.57 Å². The van der Waals surface area contributed by atoms with Crippen molar-refractivity contribution in [1.29, 1.82) is 0 Å². The number of nitrogens with zero attached hydrogens (tertiary/aromatic N) is 2. The van der Waals surface area contributed by atoms with E-state index in [0.717, 1.165) is 20.4 Å². The van der Waals surface area contributed by atoms with Crippen molar-refractivity contribution in [2.45, 2.75) is 6.92 Å². The van der Waals surface area contributed by atoms with Crippen molar-refractivity contribution >= 4 is 51.2 Å². The van der Waals surface area contributed by atoms with Gasteiger partial charge in [-0.2, -0.15) is 5.10 Å². The zero-order chi connectivity index (χ0) is 23.0. The van der Waals surface area contributed by atoms with Crippen LogP contribution in [0.3, 0.4) is 0 Å². The number of nitrogens with one attached hydrogen (secondary N) is 1. The van der Waals surface area contributed by atoms with Gasteiger partial charge < -0.3 is 9.47 Å². The quantitative estimate of drug-likeness (QED) is 0.0865. The first kappa shape index (κ1) is 22.9. The molecule has 0 amide bonds. The van der Waals surface area contributed by atoms with Gasteiger partial charge in [0.1, 0.15) is 0 Å². The number of benzene rings is 3. The first-order valence-corrected chi connectivity index (χ1v) is 12.1. The fourth-order valence-electron chi connectivity index (χ4n) is 2.98. The van der Waals surface area contributed by atoms with E-state index in [2.05, 4.69) is 38.1 Å². The SMILES string of the molecule is CCOc1cc(C=NNc2nc(-c3ccccc3)cs2)cc(I)c1OC(=O)c1ccccc1. The van der Waals surface area contributed by atoms with Crippen molar-refractivity contribution in [3.63, 3.8) is 0 Å². The van der Waals surface area contributed by atoms with Crippen LogP contribution in [-0.2, 0) is 0 Å². The Labute approximate surface area is 209 Å². The Bertz CT molecular complexity index is 1260. The molecular formula is C25H20IN3O3S. The van der Waals surface area contributed by atoms with E-state index < -0.39 is 5.97 Å². The van der Waals surface area contributed by atoms with E-state index in [4.69, 9.17) is 9.47 Å². The summed E-state index contributed by atoms with van der Waals surface area (Å²) in [5.41, 5.74) is 6.20. The molecule has 6 nitrogen and oxygen atoms in total. The fraction of sp³-hybridized carbons (Fsp3) is 0.0800. The minimum atomic E-state index is -0.435. The van der Waals surface area contributed by atoms with Crippen molar-refractivity contribution in [3.05, 3.63) is 92.9 Å². The molecule has 166 valence electrons. The lowest BCUT2D eigenvalue weighted by Gasteiger charge is -2.13. The standard InChI is InChI=1S/C25H20IN3O3S/c1-2-31-22-14-17(13-20(26)23(22)32-24(30)19-11-7-4-8-12-19)15-27-29-25-28-21(16-33-25)18-9-5-3-6-10-18/h3-16H,2H2,1H3,(H,28,29). The maximum absolute atomic E-state index is 12.5. The average molecular weight is 569 g/mol. The lowest BCUT2D eigenvalue weighted by molar-refractivity contribution is 0.0727. The summed E-state index contributed by atoms with van der Waals surface area (Å²) in [6.45, 7) is 2.32. The topological polar surface area (TPSA) is 72.8 Å². The Hall–Kier alpha value is -3.24. The Morgan fingerprint density at radius 3 is 2.58 bits per heavy atom. The van der Waals surface area contributed by atoms with E-state index in [1.165, 1.54) is 11.3 Å². The molecule has 1 aromatic heterocycles. The third kappa shape index (κ3) is 5.96. The minimum Gasteiger partial charge on any atom is -0.490 e. The summed E-state index contributed by atoms with van der Waals surface area (Å²) in [6.07, 6.45) is 1.68. The van der Waals surface area contributed by atoms with Crippen LogP contribution in [0.15, 0.2) is 83.3 Å². The van der Waals surface area contributed by atoms with Gasteiger partial charge in [0, 0.05) is 10.9 Å². The van der Waals surface area contributed by atoms with Gasteiger partial charge in [0.05, 0.1) is 27.6 Å². The summed E-state index contributed by atoms with van der Waals surface area (Å²) >= 11 is 3.61. The number of esters is 1. The molecule has 33 heavy (non-hydrogen) atoms. The highest BCUT2D eigenvalue weighted by Gasteiger charge is 2.17. The Balaban J connectivity index is 1.48. The van der Waals surface area contributed by atoms with E-state index in [-0.39, 0.29) is 0 Å². The highest BCUT2D eigenvalue weighted by molar-refractivity contribution is 14.1. The number of carbonyl (C=O) groups excluding carboxylic acids is 1. The molecule has 8 heteroatoms. The molecule has 1 N–H and O–H groups in total. The van der Waals surface area contributed by atoms with Gasteiger partial charge in [0.25, 0.3) is 0 Å². The number of anilines is 1. The Morgan fingerprint density at radius 2 is 1.85 bits per heavy atom. The second-order valence-electron chi connectivity index (χ2n) is 6.79. The zero-order valence-corrected chi connectivity index (χ0v) is 20.7. The number of halogens is 1. The summed E-state index contributed by atoms with van der Waals surface area (Å²) in [5.74, 6) is 0.440. The van der Waals surface area contributed by atoms with Crippen molar-refractivity contribution in [1.82, 2.24) is 4.98 Å². The normalized spacial score (nSPS) is 10.8. The van der Waals surface area contributed by atoms with Crippen molar-refractivity contribution in [3.8, 4) is 22.8 Å². The summed E-state index contributed by atoms with van der Waals surface area (Å²) in [7, 11) is 0. The predicted octanol–water partition coefficient (Wildman–Crippen LogP) is 6.48. The molecule has 3 aromatic carbocycles. The van der Waals surface area contributed by atoms with Gasteiger partial charge in [-0.3, -0.25) is 5.43 Å². The summed E-state index contributed by atoms with van der Waals surface area (Å²) in [6, 6.07) is 22.5. The fourth-order valence-corrected chi connectivity index (χ4v) is 4.38. The predicted molar refractivity (Wildman–Crippen MR) is 140 cm³/mol. The highest BCUT2D eigenvalue weighted by Crippen LogP contribution is 2.34. The van der Waals surface area contributed by atoms with E-state index in [1.807, 2.05) is 54.8 Å². The minimum absolute atomic E-state index is 0.392. The molecule has 0 bridgehead atoms. The second-order valence-corrected chi connectivity index (χ2v) is 8.81. The van der Waals surface area contributed by atoms with Gasteiger partial charge in [0.15, 0.2) is 11.5 Å². The molecule has 4 aromatic rings. The van der Waals surface area contributed by atoms with Crippen LogP contribution in [0.2, 0.25) is 0 Å². The van der Waals surface area contributed by atoms with Crippen LogP contribution < -0.4 is 14.9 Å². The molecule has 0 unspecified atom stereocenters. The van der Waals surface area contributed by atoms with E-state index in [1.54, 1.807) is 36.5 Å². The number of carbonyl (C=O) groups is 1. The van der Waals surface area contributed by atoms with Crippen molar-refractivity contribution < 1.29 is 14.3 Å². The molecule has 0 aliphatic carbocycles. The number of aromatic nitrogens is 1. The van der Waals surface area contributed by atoms with Gasteiger partial charge in [-0.1, -0.05) is 48.5 Å². The van der Waals surface area contributed by atoms with Crippen LogP contribution >= 0.6 is 33.9 Å². The van der Waals surface area contributed by atoms with Gasteiger partial charge in [0.2, 0.25) is 5.13 Å². The Kier molecular flexibility index (Phi) is 7.69. The first-order valence-electron chi connectivity index (χ1n) is 10.2. The lowest BCUT2D eigenvalue weighted by atomic mass is 10.2. The molecule has 0 spiro atoms. The molecular weight excluding hydrogens is 549 g/mol. The molecule has 4 rings (SSSR count). The van der Waals surface area contributed by atoms with Crippen LogP contribution in [0.5, 0.6) is 11.5 Å². The molecule has 0 aliphatic rings. The largest absolute Gasteiger partial charge is 0.490 e. The van der Waals surface area contributed by atoms with Crippen LogP contribution in [0.4, 0.5) is 5.13 Å². The zero-order valence-electron chi connectivity index (χ0n) is 17.7. The monoisotopic (exact) mass is 569 g/mol. The summed E-state index contributed by atoms with van der Waals surface area (Å²) in [4.78, 5) is 17.1. The maximum atomic E-state index is 12.5. The Morgan fingerprint density at radius 1 is 1.12 bits per heavy atom. The van der Waals surface area contributed by atoms with Crippen LogP contribution in [0.25, 0.3) is 11.3 Å². The van der Waals surface area contributed by atoms with Crippen molar-refractivity contribution in [2.75, 3.05) is 12.0 Å². The van der Waals surface area contributed by atoms with E-state index in [0.29, 0.717) is 28.8 Å². The molecule has 0 saturated carbocycles. The maximum Gasteiger partial charge on any atom is 0.343 e. The number of thiazole rings is 1. The third-order valence-corrected chi connectivity index (χ3v) is 6.03. The number of hydrogen-bond acceptors (Lipinski definition) is 7. The second kappa shape index (κ2) is 11.1. The molecule has 0 radical (unpaired) electrons. The number of hydrazone groups is 1. The highest BCUT2D eigenvalue weighted by atomic mass is 127. The van der Waals surface area contributed by atoms with E-state index >= 15 is 0 Å². The number of ether oxygens (including phenoxy) is 2. The molecule has 0 saturated heterocycles. The molecule has 0 aliphatic heterocycles. The average Bonchev–Trinajstić information content (AvgIpc) is 3.31. The smallest absolute Gasteiger partial charge is 0.343 e. The summed E-state index contributed by atoms with van der Waals surface area (Å²) < 4.78 is 12.1. The van der Waals surface area contributed by atoms with E-state index in [9.17, 15) is 4.79 Å². The number of rotatable bonds is 8. The van der Waals surface area contributed by atoms with Crippen molar-refractivity contribution in [2.24, 2.45) is 5.10 Å². The third-order valence-electron chi connectivity index (χ3n) is 4.48. The number of hydrogen-bond donors (Lipinski definition) is 1. The molecule has 1 heterocycles. The molecule has 0 fully saturated rings. The molecule has 0 atom stereocenters. The van der Waals surface area contributed by atoms with Crippen LogP contribution in [-0.4, -0.2) is 23.8 Å². The summed E-state index contributed by atoms with van der Waals surface area (Å²) in [5, 5.41) is 6.98. The van der Waals surface area contributed by atoms with Gasteiger partial charge in [-0.05, 0) is 59.3 Å². The van der Waals surface area contributed by atoms with Gasteiger partial charge in [-0.15, -0.1) is 11.3 Å². The van der Waals surface area contributed by atoms with Gasteiger partial charge in [-0.25, -0.2) is 9.78 Å². The van der Waals surface area contributed by atoms with Crippen LogP contribution in [0.1, 0.15) is 22.8 Å². The van der Waals surface area contributed by atoms with Gasteiger partial charge >= 0.3 is 5.97 Å².